The van der Waals surface area contributed by atoms with E-state index in [2.05, 4.69) is 50.0 Å². The molecule has 0 bridgehead atoms. The standard InChI is InChI=1S/C18H31ClN2/c1-5-13-20-18(16-8-10-17(19)11-9-16)12-14-21(7-3)15(4)6-2/h8-11,15,18,20H,5-7,12-14H2,1-4H3. The molecule has 0 saturated heterocycles. The molecule has 0 aliphatic heterocycles. The van der Waals surface area contributed by atoms with Gasteiger partial charge in [-0.25, -0.2) is 0 Å². The Hall–Kier alpha value is -0.570. The minimum Gasteiger partial charge on any atom is -0.310 e. The van der Waals surface area contributed by atoms with Gasteiger partial charge in [-0.3, -0.25) is 0 Å². The second-order valence-electron chi connectivity index (χ2n) is 5.73. The zero-order chi connectivity index (χ0) is 15.7. The third kappa shape index (κ3) is 6.37. The SMILES string of the molecule is CCCNC(CCN(CC)C(C)CC)c1ccc(Cl)cc1. The molecule has 21 heavy (non-hydrogen) atoms. The van der Waals surface area contributed by atoms with Crippen molar-refractivity contribution in [1.29, 1.82) is 0 Å². The third-order valence-electron chi connectivity index (χ3n) is 4.24. The average molecular weight is 311 g/mol. The van der Waals surface area contributed by atoms with Crippen LogP contribution in [0.5, 0.6) is 0 Å². The van der Waals surface area contributed by atoms with Gasteiger partial charge in [-0.2, -0.15) is 0 Å². The van der Waals surface area contributed by atoms with E-state index in [-0.39, 0.29) is 0 Å². The summed E-state index contributed by atoms with van der Waals surface area (Å²) < 4.78 is 0. The molecule has 0 spiro atoms. The van der Waals surface area contributed by atoms with Gasteiger partial charge in [0.15, 0.2) is 0 Å². The lowest BCUT2D eigenvalue weighted by Gasteiger charge is -2.29. The van der Waals surface area contributed by atoms with E-state index in [0.29, 0.717) is 12.1 Å². The molecular weight excluding hydrogens is 280 g/mol. The highest BCUT2D eigenvalue weighted by atomic mass is 35.5. The Balaban J connectivity index is 2.67. The first-order valence-corrected chi connectivity index (χ1v) is 8.73. The van der Waals surface area contributed by atoms with Gasteiger partial charge in [0.2, 0.25) is 0 Å². The second kappa shape index (κ2) is 10.2. The molecule has 0 aliphatic rings. The Labute approximate surface area is 135 Å². The van der Waals surface area contributed by atoms with Crippen molar-refractivity contribution in [3.05, 3.63) is 34.9 Å². The summed E-state index contributed by atoms with van der Waals surface area (Å²) in [6.45, 7) is 12.4. The van der Waals surface area contributed by atoms with E-state index in [0.717, 1.165) is 37.5 Å². The summed E-state index contributed by atoms with van der Waals surface area (Å²) in [5.74, 6) is 0. The highest BCUT2D eigenvalue weighted by Gasteiger charge is 2.15. The lowest BCUT2D eigenvalue weighted by Crippen LogP contribution is -2.35. The fraction of sp³-hybridized carbons (Fsp3) is 0.667. The van der Waals surface area contributed by atoms with Crippen molar-refractivity contribution in [2.45, 2.75) is 59.0 Å². The lowest BCUT2D eigenvalue weighted by molar-refractivity contribution is 0.203. The molecule has 0 fully saturated rings. The van der Waals surface area contributed by atoms with E-state index in [1.807, 2.05) is 12.1 Å². The fourth-order valence-corrected chi connectivity index (χ4v) is 2.77. The summed E-state index contributed by atoms with van der Waals surface area (Å²) in [4.78, 5) is 2.57. The minimum absolute atomic E-state index is 0.417. The van der Waals surface area contributed by atoms with Gasteiger partial charge >= 0.3 is 0 Å². The number of hydrogen-bond donors (Lipinski definition) is 1. The topological polar surface area (TPSA) is 15.3 Å². The van der Waals surface area contributed by atoms with Crippen molar-refractivity contribution < 1.29 is 0 Å². The number of benzene rings is 1. The molecule has 3 heteroatoms. The number of nitrogens with one attached hydrogen (secondary N) is 1. The average Bonchev–Trinajstić information content (AvgIpc) is 2.51. The summed E-state index contributed by atoms with van der Waals surface area (Å²) >= 11 is 6.00. The molecular formula is C18H31ClN2. The quantitative estimate of drug-likeness (QED) is 0.662. The first kappa shape index (κ1) is 18.5. The molecule has 0 amide bonds. The van der Waals surface area contributed by atoms with Gasteiger partial charge in [0.05, 0.1) is 0 Å². The summed E-state index contributed by atoms with van der Waals surface area (Å²) in [6.07, 6.45) is 3.51. The third-order valence-corrected chi connectivity index (χ3v) is 4.49. The summed E-state index contributed by atoms with van der Waals surface area (Å²) in [5, 5.41) is 4.48. The zero-order valence-corrected chi connectivity index (χ0v) is 14.8. The van der Waals surface area contributed by atoms with E-state index >= 15 is 0 Å². The van der Waals surface area contributed by atoms with Crippen LogP contribution in [-0.4, -0.2) is 30.6 Å². The van der Waals surface area contributed by atoms with Crippen LogP contribution in [0.1, 0.15) is 58.6 Å². The molecule has 0 aliphatic carbocycles. The summed E-state index contributed by atoms with van der Waals surface area (Å²) in [6, 6.07) is 9.35. The van der Waals surface area contributed by atoms with E-state index in [9.17, 15) is 0 Å². The predicted octanol–water partition coefficient (Wildman–Crippen LogP) is 4.89. The van der Waals surface area contributed by atoms with Crippen molar-refractivity contribution in [2.24, 2.45) is 0 Å². The molecule has 1 rings (SSSR count). The molecule has 0 heterocycles. The Morgan fingerprint density at radius 1 is 1.14 bits per heavy atom. The molecule has 2 unspecified atom stereocenters. The van der Waals surface area contributed by atoms with Crippen molar-refractivity contribution in [3.8, 4) is 0 Å². The monoisotopic (exact) mass is 310 g/mol. The minimum atomic E-state index is 0.417. The fourth-order valence-electron chi connectivity index (χ4n) is 2.64. The summed E-state index contributed by atoms with van der Waals surface area (Å²) in [7, 11) is 0. The van der Waals surface area contributed by atoms with E-state index < -0.39 is 0 Å². The first-order valence-electron chi connectivity index (χ1n) is 8.35. The van der Waals surface area contributed by atoms with Crippen molar-refractivity contribution in [1.82, 2.24) is 10.2 Å². The van der Waals surface area contributed by atoms with E-state index in [4.69, 9.17) is 11.6 Å². The molecule has 1 aromatic rings. The van der Waals surface area contributed by atoms with Crippen LogP contribution in [-0.2, 0) is 0 Å². The van der Waals surface area contributed by atoms with Gasteiger partial charge in [0.1, 0.15) is 0 Å². The lowest BCUT2D eigenvalue weighted by atomic mass is 10.0. The molecule has 2 nitrogen and oxygen atoms in total. The van der Waals surface area contributed by atoms with Crippen LogP contribution in [0.25, 0.3) is 0 Å². The van der Waals surface area contributed by atoms with Gasteiger partial charge in [-0.1, -0.05) is 44.5 Å². The molecule has 1 aromatic carbocycles. The van der Waals surface area contributed by atoms with Crippen LogP contribution >= 0.6 is 11.6 Å². The normalized spacial score (nSPS) is 14.4. The number of nitrogens with zero attached hydrogens (tertiary/aromatic N) is 1. The van der Waals surface area contributed by atoms with Gasteiger partial charge < -0.3 is 10.2 Å². The van der Waals surface area contributed by atoms with Crippen LogP contribution in [0, 0.1) is 0 Å². The van der Waals surface area contributed by atoms with Crippen LogP contribution in [0.3, 0.4) is 0 Å². The maximum absolute atomic E-state index is 6.00. The Morgan fingerprint density at radius 3 is 2.33 bits per heavy atom. The van der Waals surface area contributed by atoms with Crippen LogP contribution < -0.4 is 5.32 Å². The molecule has 0 aromatic heterocycles. The van der Waals surface area contributed by atoms with Crippen molar-refractivity contribution in [3.63, 3.8) is 0 Å². The first-order chi connectivity index (χ1) is 10.1. The van der Waals surface area contributed by atoms with Crippen molar-refractivity contribution >= 4 is 11.6 Å². The molecule has 120 valence electrons. The van der Waals surface area contributed by atoms with Crippen molar-refractivity contribution in [2.75, 3.05) is 19.6 Å². The van der Waals surface area contributed by atoms with Crippen LogP contribution in [0.2, 0.25) is 5.02 Å². The van der Waals surface area contributed by atoms with Crippen LogP contribution in [0.15, 0.2) is 24.3 Å². The van der Waals surface area contributed by atoms with Gasteiger partial charge in [-0.15, -0.1) is 0 Å². The number of rotatable bonds is 10. The highest BCUT2D eigenvalue weighted by molar-refractivity contribution is 6.30. The molecule has 2 atom stereocenters. The number of hydrogen-bond acceptors (Lipinski definition) is 2. The van der Waals surface area contributed by atoms with Gasteiger partial charge in [0.25, 0.3) is 0 Å². The second-order valence-corrected chi connectivity index (χ2v) is 6.17. The predicted molar refractivity (Wildman–Crippen MR) is 94.1 cm³/mol. The van der Waals surface area contributed by atoms with Crippen LogP contribution in [0.4, 0.5) is 0 Å². The van der Waals surface area contributed by atoms with Gasteiger partial charge in [0, 0.05) is 23.7 Å². The molecule has 0 saturated carbocycles. The zero-order valence-electron chi connectivity index (χ0n) is 14.0. The Bertz CT molecular complexity index is 377. The van der Waals surface area contributed by atoms with E-state index in [1.165, 1.54) is 12.0 Å². The maximum Gasteiger partial charge on any atom is 0.0406 e. The van der Waals surface area contributed by atoms with Gasteiger partial charge in [-0.05, 0) is 57.0 Å². The molecule has 1 N–H and O–H groups in total. The smallest absolute Gasteiger partial charge is 0.0406 e. The maximum atomic E-state index is 6.00. The molecule has 0 radical (unpaired) electrons. The Morgan fingerprint density at radius 2 is 1.81 bits per heavy atom. The highest BCUT2D eigenvalue weighted by Crippen LogP contribution is 2.20. The summed E-state index contributed by atoms with van der Waals surface area (Å²) in [5.41, 5.74) is 1.34. The number of halogens is 1. The Kier molecular flexibility index (Phi) is 8.98. The van der Waals surface area contributed by atoms with E-state index in [1.54, 1.807) is 0 Å². The largest absolute Gasteiger partial charge is 0.310 e.